The first-order valence-electron chi connectivity index (χ1n) is 8.59. The van der Waals surface area contributed by atoms with Crippen molar-refractivity contribution >= 4 is 11.6 Å². The average Bonchev–Trinajstić information content (AvgIpc) is 2.62. The highest BCUT2D eigenvalue weighted by Crippen LogP contribution is 2.41. The number of nitrogen functional groups attached to an aromatic ring is 1. The number of aryl methyl sites for hydroxylation is 1. The monoisotopic (exact) mass is 324 g/mol. The fraction of sp³-hybridized carbons (Fsp3) is 0.350. The fourth-order valence-corrected chi connectivity index (χ4v) is 4.30. The fourth-order valence-electron chi connectivity index (χ4n) is 4.30. The average molecular weight is 324 g/mol. The van der Waals surface area contributed by atoms with E-state index in [4.69, 9.17) is 5.73 Å². The number of amides is 1. The number of likely N-dealkylation sites (tertiary alicyclic amines) is 1. The van der Waals surface area contributed by atoms with E-state index in [-0.39, 0.29) is 17.6 Å². The van der Waals surface area contributed by atoms with E-state index in [0.717, 1.165) is 32.2 Å². The third-order valence-electron chi connectivity index (χ3n) is 5.45. The zero-order chi connectivity index (χ0) is 16.7. The summed E-state index contributed by atoms with van der Waals surface area (Å²) >= 11 is 0. The molecule has 2 N–H and O–H groups in total. The molecule has 1 fully saturated rings. The standard InChI is InChI=1S/C20H21FN2O/c21-17-9-7-14(12-18(17)22)20(24)23-11-3-6-16-15-5-2-1-4-13(15)8-10-19(16)23/h1-2,4-5,7,9,12,16,19H,3,6,8,10-11,22H2/t16-,19+/m0/s1. The molecule has 24 heavy (non-hydrogen) atoms. The van der Waals surface area contributed by atoms with Gasteiger partial charge >= 0.3 is 0 Å². The Labute approximate surface area is 141 Å². The van der Waals surface area contributed by atoms with Crippen molar-refractivity contribution in [1.82, 2.24) is 4.90 Å². The van der Waals surface area contributed by atoms with Crippen LogP contribution in [-0.2, 0) is 6.42 Å². The second kappa shape index (κ2) is 5.93. The maximum absolute atomic E-state index is 13.4. The van der Waals surface area contributed by atoms with Crippen LogP contribution in [0.25, 0.3) is 0 Å². The molecule has 0 unspecified atom stereocenters. The van der Waals surface area contributed by atoms with Crippen LogP contribution < -0.4 is 5.73 Å². The predicted octanol–water partition coefficient (Wildman–Crippen LogP) is 3.74. The minimum absolute atomic E-state index is 0.0309. The number of fused-ring (bicyclic) bond motifs is 3. The van der Waals surface area contributed by atoms with Crippen molar-refractivity contribution in [3.63, 3.8) is 0 Å². The number of carbonyl (C=O) groups excluding carboxylic acids is 1. The van der Waals surface area contributed by atoms with Crippen LogP contribution in [0.3, 0.4) is 0 Å². The number of benzene rings is 2. The summed E-state index contributed by atoms with van der Waals surface area (Å²) in [6.07, 6.45) is 4.12. The Bertz CT molecular complexity index is 789. The summed E-state index contributed by atoms with van der Waals surface area (Å²) in [6.45, 7) is 0.763. The third-order valence-corrected chi connectivity index (χ3v) is 5.45. The SMILES string of the molecule is Nc1cc(C(=O)N2CCC[C@H]3c4ccccc4CC[C@H]32)ccc1F. The smallest absolute Gasteiger partial charge is 0.254 e. The highest BCUT2D eigenvalue weighted by atomic mass is 19.1. The number of nitrogens with zero attached hydrogens (tertiary/aromatic N) is 1. The second-order valence-corrected chi connectivity index (χ2v) is 6.79. The lowest BCUT2D eigenvalue weighted by Gasteiger charge is -2.45. The van der Waals surface area contributed by atoms with Gasteiger partial charge in [-0.05, 0) is 55.0 Å². The molecule has 124 valence electrons. The first kappa shape index (κ1) is 15.2. The molecule has 2 aromatic carbocycles. The molecular weight excluding hydrogens is 303 g/mol. The first-order valence-corrected chi connectivity index (χ1v) is 8.59. The van der Waals surface area contributed by atoms with Crippen LogP contribution in [-0.4, -0.2) is 23.4 Å². The Balaban J connectivity index is 1.64. The predicted molar refractivity (Wildman–Crippen MR) is 92.4 cm³/mol. The van der Waals surface area contributed by atoms with Crippen LogP contribution >= 0.6 is 0 Å². The molecule has 1 amide bonds. The summed E-state index contributed by atoms with van der Waals surface area (Å²) in [6, 6.07) is 13.1. The molecule has 1 aliphatic carbocycles. The molecule has 3 nitrogen and oxygen atoms in total. The lowest BCUT2D eigenvalue weighted by atomic mass is 9.74. The zero-order valence-corrected chi connectivity index (χ0v) is 13.5. The number of hydrogen-bond acceptors (Lipinski definition) is 2. The van der Waals surface area contributed by atoms with E-state index in [1.54, 1.807) is 0 Å². The van der Waals surface area contributed by atoms with Gasteiger partial charge in [0.05, 0.1) is 5.69 Å². The van der Waals surface area contributed by atoms with Crippen molar-refractivity contribution in [3.05, 3.63) is 65.0 Å². The Kier molecular flexibility index (Phi) is 3.75. The van der Waals surface area contributed by atoms with E-state index in [9.17, 15) is 9.18 Å². The number of hydrogen-bond donors (Lipinski definition) is 1. The summed E-state index contributed by atoms with van der Waals surface area (Å²) in [7, 11) is 0. The highest BCUT2D eigenvalue weighted by molar-refractivity contribution is 5.95. The number of anilines is 1. The van der Waals surface area contributed by atoms with Crippen LogP contribution in [0.15, 0.2) is 42.5 Å². The second-order valence-electron chi connectivity index (χ2n) is 6.79. The molecule has 2 aromatic rings. The van der Waals surface area contributed by atoms with Crippen LogP contribution in [0.1, 0.15) is 46.7 Å². The van der Waals surface area contributed by atoms with E-state index >= 15 is 0 Å². The van der Waals surface area contributed by atoms with Crippen molar-refractivity contribution in [1.29, 1.82) is 0 Å². The minimum atomic E-state index is -0.477. The topological polar surface area (TPSA) is 46.3 Å². The van der Waals surface area contributed by atoms with Crippen LogP contribution in [0.5, 0.6) is 0 Å². The maximum atomic E-state index is 13.4. The van der Waals surface area contributed by atoms with E-state index in [2.05, 4.69) is 24.3 Å². The van der Waals surface area contributed by atoms with Gasteiger partial charge in [-0.2, -0.15) is 0 Å². The van der Waals surface area contributed by atoms with Gasteiger partial charge in [-0.1, -0.05) is 24.3 Å². The van der Waals surface area contributed by atoms with Crippen molar-refractivity contribution < 1.29 is 9.18 Å². The number of nitrogens with two attached hydrogens (primary N) is 1. The zero-order valence-electron chi connectivity index (χ0n) is 13.5. The molecule has 0 aromatic heterocycles. The molecule has 4 heteroatoms. The number of halogens is 1. The van der Waals surface area contributed by atoms with Crippen molar-refractivity contribution in [2.45, 2.75) is 37.6 Å². The van der Waals surface area contributed by atoms with Crippen LogP contribution in [0.4, 0.5) is 10.1 Å². The Morgan fingerprint density at radius 3 is 2.83 bits per heavy atom. The molecule has 0 spiro atoms. The molecule has 0 saturated carbocycles. The lowest BCUT2D eigenvalue weighted by Crippen LogP contribution is -2.49. The minimum Gasteiger partial charge on any atom is -0.396 e. The molecule has 2 aliphatic rings. The Hall–Kier alpha value is -2.36. The van der Waals surface area contributed by atoms with Crippen molar-refractivity contribution in [2.24, 2.45) is 0 Å². The van der Waals surface area contributed by atoms with Gasteiger partial charge < -0.3 is 10.6 Å². The Morgan fingerprint density at radius 1 is 1.17 bits per heavy atom. The van der Waals surface area contributed by atoms with Crippen LogP contribution in [0, 0.1) is 5.82 Å². The molecule has 2 atom stereocenters. The van der Waals surface area contributed by atoms with Gasteiger partial charge in [0.2, 0.25) is 0 Å². The van der Waals surface area contributed by atoms with Gasteiger partial charge in [0.1, 0.15) is 5.82 Å². The Morgan fingerprint density at radius 2 is 2.00 bits per heavy atom. The summed E-state index contributed by atoms with van der Waals surface area (Å²) in [5, 5.41) is 0. The van der Waals surface area contributed by atoms with E-state index < -0.39 is 5.82 Å². The largest absolute Gasteiger partial charge is 0.396 e. The highest BCUT2D eigenvalue weighted by Gasteiger charge is 2.38. The van der Waals surface area contributed by atoms with E-state index in [0.29, 0.717) is 11.5 Å². The number of carbonyl (C=O) groups is 1. The quantitative estimate of drug-likeness (QED) is 0.812. The van der Waals surface area contributed by atoms with Crippen molar-refractivity contribution in [2.75, 3.05) is 12.3 Å². The van der Waals surface area contributed by atoms with Crippen LogP contribution in [0.2, 0.25) is 0 Å². The summed E-state index contributed by atoms with van der Waals surface area (Å²) < 4.78 is 13.4. The third kappa shape index (κ3) is 2.46. The van der Waals surface area contributed by atoms with Crippen molar-refractivity contribution in [3.8, 4) is 0 Å². The number of piperidine rings is 1. The summed E-state index contributed by atoms with van der Waals surface area (Å²) in [5.74, 6) is -0.101. The lowest BCUT2D eigenvalue weighted by molar-refractivity contribution is 0.0547. The summed E-state index contributed by atoms with van der Waals surface area (Å²) in [4.78, 5) is 15.0. The van der Waals surface area contributed by atoms with Gasteiger partial charge in [0, 0.05) is 24.1 Å². The molecule has 0 bridgehead atoms. The summed E-state index contributed by atoms with van der Waals surface area (Å²) in [5.41, 5.74) is 8.96. The molecule has 1 heterocycles. The maximum Gasteiger partial charge on any atom is 0.254 e. The van der Waals surface area contributed by atoms with Gasteiger partial charge in [-0.15, -0.1) is 0 Å². The molecule has 1 aliphatic heterocycles. The first-order chi connectivity index (χ1) is 11.6. The number of rotatable bonds is 1. The molecular formula is C20H21FN2O. The molecule has 4 rings (SSSR count). The van der Waals surface area contributed by atoms with Gasteiger partial charge in [0.15, 0.2) is 0 Å². The molecule has 1 saturated heterocycles. The molecule has 0 radical (unpaired) electrons. The van der Waals surface area contributed by atoms with E-state index in [1.165, 1.54) is 29.3 Å². The van der Waals surface area contributed by atoms with Gasteiger partial charge in [-0.3, -0.25) is 4.79 Å². The van der Waals surface area contributed by atoms with Gasteiger partial charge in [-0.25, -0.2) is 4.39 Å². The van der Waals surface area contributed by atoms with E-state index in [1.807, 2.05) is 4.90 Å². The van der Waals surface area contributed by atoms with Gasteiger partial charge in [0.25, 0.3) is 5.91 Å². The normalized spacial score (nSPS) is 22.6.